The zero-order chi connectivity index (χ0) is 13.5. The first kappa shape index (κ1) is 14.0. The van der Waals surface area contributed by atoms with Crippen LogP contribution in [0.5, 0.6) is 0 Å². The summed E-state index contributed by atoms with van der Waals surface area (Å²) in [4.78, 5) is 12.1. The molecule has 1 fully saturated rings. The summed E-state index contributed by atoms with van der Waals surface area (Å²) < 4.78 is 0. The van der Waals surface area contributed by atoms with Crippen LogP contribution in [0.2, 0.25) is 0 Å². The lowest BCUT2D eigenvalue weighted by molar-refractivity contribution is -0.118. The molecule has 19 heavy (non-hydrogen) atoms. The Morgan fingerprint density at radius 2 is 2.32 bits per heavy atom. The third kappa shape index (κ3) is 4.33. The number of hydrogen-bond donors (Lipinski definition) is 3. The number of benzene rings is 1. The molecule has 2 rings (SSSR count). The van der Waals surface area contributed by atoms with Gasteiger partial charge in [0, 0.05) is 12.3 Å². The molecule has 0 unspecified atom stereocenters. The van der Waals surface area contributed by atoms with Gasteiger partial charge < -0.3 is 15.7 Å². The van der Waals surface area contributed by atoms with Crippen LogP contribution >= 0.6 is 0 Å². The number of aryl methyl sites for hydroxylation is 1. The molecule has 104 valence electrons. The van der Waals surface area contributed by atoms with Gasteiger partial charge in [0.25, 0.3) is 0 Å². The molecular weight excluding hydrogens is 240 g/mol. The second-order valence-electron chi connectivity index (χ2n) is 5.02. The van der Waals surface area contributed by atoms with Gasteiger partial charge in [-0.15, -0.1) is 0 Å². The molecule has 1 aromatic rings. The van der Waals surface area contributed by atoms with Gasteiger partial charge in [-0.25, -0.2) is 0 Å². The molecule has 1 saturated heterocycles. The van der Waals surface area contributed by atoms with E-state index in [4.69, 9.17) is 5.11 Å². The highest BCUT2D eigenvalue weighted by Crippen LogP contribution is 2.14. The number of anilines is 1. The highest BCUT2D eigenvalue weighted by atomic mass is 16.2. The van der Waals surface area contributed by atoms with Gasteiger partial charge in [0.05, 0.1) is 6.04 Å². The molecule has 3 N–H and O–H groups in total. The SMILES string of the molecule is O=C(Nc1cccc(CCCO)c1)[C@@H]1CCCCN1. The van der Waals surface area contributed by atoms with Crippen LogP contribution in [0.15, 0.2) is 24.3 Å². The standard InChI is InChI=1S/C15H22N2O2/c18-10-4-6-12-5-3-7-13(11-12)17-15(19)14-8-1-2-9-16-14/h3,5,7,11,14,16,18H,1-2,4,6,8-10H2,(H,17,19)/t14-/m0/s1. The van der Waals surface area contributed by atoms with E-state index in [0.717, 1.165) is 49.9 Å². The van der Waals surface area contributed by atoms with Gasteiger partial charge >= 0.3 is 0 Å². The van der Waals surface area contributed by atoms with E-state index >= 15 is 0 Å². The summed E-state index contributed by atoms with van der Waals surface area (Å²) in [5.74, 6) is 0.0546. The fraction of sp³-hybridized carbons (Fsp3) is 0.533. The van der Waals surface area contributed by atoms with Gasteiger partial charge in [-0.1, -0.05) is 18.6 Å². The van der Waals surface area contributed by atoms with Gasteiger partial charge in [-0.2, -0.15) is 0 Å². The lowest BCUT2D eigenvalue weighted by Crippen LogP contribution is -2.43. The number of aliphatic hydroxyl groups excluding tert-OH is 1. The van der Waals surface area contributed by atoms with Crippen LogP contribution in [0.4, 0.5) is 5.69 Å². The fourth-order valence-electron chi connectivity index (χ4n) is 2.39. The number of hydrogen-bond acceptors (Lipinski definition) is 3. The molecule has 0 aliphatic carbocycles. The van der Waals surface area contributed by atoms with Crippen LogP contribution in [0.3, 0.4) is 0 Å². The van der Waals surface area contributed by atoms with Crippen molar-refractivity contribution in [2.75, 3.05) is 18.5 Å². The predicted molar refractivity (Wildman–Crippen MR) is 76.1 cm³/mol. The molecule has 1 aliphatic heterocycles. The van der Waals surface area contributed by atoms with Crippen molar-refractivity contribution in [2.24, 2.45) is 0 Å². The number of piperidine rings is 1. The van der Waals surface area contributed by atoms with E-state index < -0.39 is 0 Å². The Labute approximate surface area is 114 Å². The van der Waals surface area contributed by atoms with E-state index in [1.807, 2.05) is 24.3 Å². The Balaban J connectivity index is 1.92. The Morgan fingerprint density at radius 3 is 3.05 bits per heavy atom. The summed E-state index contributed by atoms with van der Waals surface area (Å²) in [5.41, 5.74) is 1.98. The second kappa shape index (κ2) is 7.26. The van der Waals surface area contributed by atoms with E-state index in [9.17, 15) is 4.79 Å². The number of amides is 1. The summed E-state index contributed by atoms with van der Waals surface area (Å²) in [6.07, 6.45) is 4.77. The first-order chi connectivity index (χ1) is 9.29. The molecular formula is C15H22N2O2. The maximum Gasteiger partial charge on any atom is 0.241 e. The van der Waals surface area contributed by atoms with Crippen LogP contribution in [0, 0.1) is 0 Å². The molecule has 0 spiro atoms. The van der Waals surface area contributed by atoms with Crippen molar-refractivity contribution in [1.29, 1.82) is 0 Å². The highest BCUT2D eigenvalue weighted by molar-refractivity contribution is 5.94. The molecule has 1 atom stereocenters. The molecule has 0 bridgehead atoms. The minimum atomic E-state index is -0.0603. The molecule has 1 heterocycles. The average molecular weight is 262 g/mol. The zero-order valence-corrected chi connectivity index (χ0v) is 11.2. The summed E-state index contributed by atoms with van der Waals surface area (Å²) in [6, 6.07) is 7.79. The summed E-state index contributed by atoms with van der Waals surface area (Å²) in [5, 5.41) is 15.0. The molecule has 0 radical (unpaired) electrons. The van der Waals surface area contributed by atoms with Crippen LogP contribution in [0.25, 0.3) is 0 Å². The zero-order valence-electron chi connectivity index (χ0n) is 11.2. The number of carbonyl (C=O) groups excluding carboxylic acids is 1. The van der Waals surface area contributed by atoms with Crippen LogP contribution in [0.1, 0.15) is 31.2 Å². The van der Waals surface area contributed by atoms with Crippen molar-refractivity contribution >= 4 is 11.6 Å². The molecule has 1 aliphatic rings. The topological polar surface area (TPSA) is 61.4 Å². The average Bonchev–Trinajstić information content (AvgIpc) is 2.46. The van der Waals surface area contributed by atoms with Gasteiger partial charge in [-0.3, -0.25) is 4.79 Å². The van der Waals surface area contributed by atoms with Crippen LogP contribution in [-0.2, 0) is 11.2 Å². The largest absolute Gasteiger partial charge is 0.396 e. The first-order valence-corrected chi connectivity index (χ1v) is 7.03. The Morgan fingerprint density at radius 1 is 1.42 bits per heavy atom. The molecule has 4 heteroatoms. The van der Waals surface area contributed by atoms with E-state index in [-0.39, 0.29) is 18.6 Å². The van der Waals surface area contributed by atoms with E-state index in [0.29, 0.717) is 0 Å². The molecule has 0 aromatic heterocycles. The third-order valence-electron chi connectivity index (χ3n) is 3.44. The van der Waals surface area contributed by atoms with Gasteiger partial charge in [-0.05, 0) is 49.9 Å². The van der Waals surface area contributed by atoms with Crippen LogP contribution in [-0.4, -0.2) is 30.2 Å². The lowest BCUT2D eigenvalue weighted by atomic mass is 10.0. The maximum absolute atomic E-state index is 12.1. The Kier molecular flexibility index (Phi) is 5.36. The normalized spacial score (nSPS) is 19.1. The molecule has 4 nitrogen and oxygen atoms in total. The predicted octanol–water partition coefficient (Wildman–Crippen LogP) is 1.69. The van der Waals surface area contributed by atoms with Crippen molar-refractivity contribution in [2.45, 2.75) is 38.1 Å². The minimum absolute atomic E-state index is 0.0546. The second-order valence-corrected chi connectivity index (χ2v) is 5.02. The van der Waals surface area contributed by atoms with Crippen LogP contribution < -0.4 is 10.6 Å². The van der Waals surface area contributed by atoms with Crippen molar-refractivity contribution in [1.82, 2.24) is 5.32 Å². The number of rotatable bonds is 5. The monoisotopic (exact) mass is 262 g/mol. The lowest BCUT2D eigenvalue weighted by Gasteiger charge is -2.22. The summed E-state index contributed by atoms with van der Waals surface area (Å²) >= 11 is 0. The van der Waals surface area contributed by atoms with Crippen molar-refractivity contribution in [3.8, 4) is 0 Å². The van der Waals surface area contributed by atoms with Gasteiger partial charge in [0.15, 0.2) is 0 Å². The van der Waals surface area contributed by atoms with E-state index in [1.54, 1.807) is 0 Å². The fourth-order valence-corrected chi connectivity index (χ4v) is 2.39. The maximum atomic E-state index is 12.1. The van der Waals surface area contributed by atoms with Gasteiger partial charge in [0.2, 0.25) is 5.91 Å². The van der Waals surface area contributed by atoms with Crippen molar-refractivity contribution in [3.05, 3.63) is 29.8 Å². The van der Waals surface area contributed by atoms with E-state index in [2.05, 4.69) is 10.6 Å². The Hall–Kier alpha value is -1.39. The summed E-state index contributed by atoms with van der Waals surface area (Å²) in [6.45, 7) is 1.12. The third-order valence-corrected chi connectivity index (χ3v) is 3.44. The number of carbonyl (C=O) groups is 1. The molecule has 0 saturated carbocycles. The van der Waals surface area contributed by atoms with Crippen molar-refractivity contribution in [3.63, 3.8) is 0 Å². The Bertz CT molecular complexity index is 414. The minimum Gasteiger partial charge on any atom is -0.396 e. The molecule has 1 aromatic carbocycles. The molecule has 1 amide bonds. The van der Waals surface area contributed by atoms with E-state index in [1.165, 1.54) is 0 Å². The highest BCUT2D eigenvalue weighted by Gasteiger charge is 2.20. The van der Waals surface area contributed by atoms with Crippen molar-refractivity contribution < 1.29 is 9.90 Å². The quantitative estimate of drug-likeness (QED) is 0.757. The summed E-state index contributed by atoms with van der Waals surface area (Å²) in [7, 11) is 0. The number of nitrogens with one attached hydrogen (secondary N) is 2. The first-order valence-electron chi connectivity index (χ1n) is 7.03. The number of aliphatic hydroxyl groups is 1. The smallest absolute Gasteiger partial charge is 0.241 e. The van der Waals surface area contributed by atoms with Gasteiger partial charge in [0.1, 0.15) is 0 Å².